The summed E-state index contributed by atoms with van der Waals surface area (Å²) in [5.41, 5.74) is 1.07. The minimum Gasteiger partial charge on any atom is -0.478 e. The molecule has 1 fully saturated rings. The van der Waals surface area contributed by atoms with Crippen molar-refractivity contribution in [2.75, 3.05) is 18.6 Å². The Morgan fingerprint density at radius 2 is 2.10 bits per heavy atom. The van der Waals surface area contributed by atoms with E-state index in [-0.39, 0.29) is 30.1 Å². The molecule has 1 aromatic rings. The standard InChI is InChI=1S/C14H14BrNO5/c1-7-3-9(13(18)19)12(10(15)4-7)16-6-8(5-11(16)17)14(20)21-2/h3-4,8H,5-6H2,1-2H3,(H,18,19). The number of anilines is 1. The number of rotatable bonds is 3. The number of carboxylic acids is 1. The number of ether oxygens (including phenoxy) is 1. The zero-order valence-electron chi connectivity index (χ0n) is 11.6. The highest BCUT2D eigenvalue weighted by Crippen LogP contribution is 2.36. The molecule has 0 radical (unpaired) electrons. The Bertz CT molecular complexity index is 628. The van der Waals surface area contributed by atoms with E-state index in [1.165, 1.54) is 18.1 Å². The Morgan fingerprint density at radius 3 is 2.67 bits per heavy atom. The molecule has 1 saturated heterocycles. The summed E-state index contributed by atoms with van der Waals surface area (Å²) in [6.07, 6.45) is 0.0199. The van der Waals surface area contributed by atoms with Gasteiger partial charge in [-0.05, 0) is 40.5 Å². The number of esters is 1. The first-order valence-electron chi connectivity index (χ1n) is 6.26. The molecule has 1 unspecified atom stereocenters. The maximum Gasteiger partial charge on any atom is 0.337 e. The van der Waals surface area contributed by atoms with Gasteiger partial charge in [0.1, 0.15) is 0 Å². The normalized spacial score (nSPS) is 18.0. The number of benzene rings is 1. The summed E-state index contributed by atoms with van der Waals surface area (Å²) in [7, 11) is 1.26. The molecular formula is C14H14BrNO5. The molecule has 0 saturated carbocycles. The van der Waals surface area contributed by atoms with Crippen LogP contribution >= 0.6 is 15.9 Å². The van der Waals surface area contributed by atoms with Crippen molar-refractivity contribution in [2.24, 2.45) is 5.92 Å². The highest BCUT2D eigenvalue weighted by atomic mass is 79.9. The van der Waals surface area contributed by atoms with Crippen LogP contribution in [0.2, 0.25) is 0 Å². The number of hydrogen-bond donors (Lipinski definition) is 1. The lowest BCUT2D eigenvalue weighted by atomic mass is 10.1. The van der Waals surface area contributed by atoms with Gasteiger partial charge in [-0.1, -0.05) is 0 Å². The van der Waals surface area contributed by atoms with Crippen molar-refractivity contribution in [3.63, 3.8) is 0 Å². The lowest BCUT2D eigenvalue weighted by molar-refractivity contribution is -0.145. The van der Waals surface area contributed by atoms with Crippen LogP contribution in [0.3, 0.4) is 0 Å². The van der Waals surface area contributed by atoms with E-state index < -0.39 is 17.9 Å². The summed E-state index contributed by atoms with van der Waals surface area (Å²) in [5, 5.41) is 9.33. The van der Waals surface area contributed by atoms with Crippen molar-refractivity contribution >= 4 is 39.5 Å². The quantitative estimate of drug-likeness (QED) is 0.838. The SMILES string of the molecule is COC(=O)C1CC(=O)N(c2c(Br)cc(C)cc2C(=O)O)C1. The molecule has 0 spiro atoms. The predicted octanol–water partition coefficient (Wildman–Crippen LogP) is 1.98. The van der Waals surface area contributed by atoms with Crippen molar-refractivity contribution in [2.45, 2.75) is 13.3 Å². The Hall–Kier alpha value is -1.89. The van der Waals surface area contributed by atoms with Gasteiger partial charge in [0.05, 0.1) is 24.3 Å². The topological polar surface area (TPSA) is 83.9 Å². The van der Waals surface area contributed by atoms with Crippen LogP contribution in [-0.2, 0) is 14.3 Å². The third-order valence-corrected chi connectivity index (χ3v) is 3.97. The molecule has 1 N–H and O–H groups in total. The molecule has 21 heavy (non-hydrogen) atoms. The summed E-state index contributed by atoms with van der Waals surface area (Å²) < 4.78 is 5.16. The van der Waals surface area contributed by atoms with E-state index in [1.807, 2.05) is 0 Å². The molecule has 1 atom stereocenters. The summed E-state index contributed by atoms with van der Waals surface area (Å²) in [5.74, 6) is -2.45. The number of carbonyl (C=O) groups excluding carboxylic acids is 2. The van der Waals surface area contributed by atoms with Crippen LogP contribution in [0.15, 0.2) is 16.6 Å². The van der Waals surface area contributed by atoms with Gasteiger partial charge in [-0.3, -0.25) is 9.59 Å². The first kappa shape index (κ1) is 15.5. The molecule has 112 valence electrons. The van der Waals surface area contributed by atoms with E-state index in [9.17, 15) is 19.5 Å². The first-order valence-corrected chi connectivity index (χ1v) is 7.06. The van der Waals surface area contributed by atoms with Crippen molar-refractivity contribution in [3.8, 4) is 0 Å². The lowest BCUT2D eigenvalue weighted by Gasteiger charge is -2.21. The number of halogens is 1. The Morgan fingerprint density at radius 1 is 1.43 bits per heavy atom. The fourth-order valence-corrected chi connectivity index (χ4v) is 3.21. The van der Waals surface area contributed by atoms with Crippen molar-refractivity contribution in [1.29, 1.82) is 0 Å². The number of methoxy groups -OCH3 is 1. The van der Waals surface area contributed by atoms with E-state index in [2.05, 4.69) is 20.7 Å². The average Bonchev–Trinajstić information content (AvgIpc) is 2.78. The van der Waals surface area contributed by atoms with Gasteiger partial charge in [0.25, 0.3) is 0 Å². The third kappa shape index (κ3) is 2.92. The van der Waals surface area contributed by atoms with Gasteiger partial charge >= 0.3 is 11.9 Å². The minimum absolute atomic E-state index is 0.0199. The summed E-state index contributed by atoms with van der Waals surface area (Å²) in [4.78, 5) is 36.4. The number of hydrogen-bond acceptors (Lipinski definition) is 4. The van der Waals surface area contributed by atoms with Crippen molar-refractivity contribution in [1.82, 2.24) is 0 Å². The van der Waals surface area contributed by atoms with Crippen LogP contribution in [-0.4, -0.2) is 36.6 Å². The zero-order valence-corrected chi connectivity index (χ0v) is 13.1. The van der Waals surface area contributed by atoms with Gasteiger partial charge in [0.15, 0.2) is 0 Å². The van der Waals surface area contributed by atoms with Crippen LogP contribution in [0.4, 0.5) is 5.69 Å². The zero-order chi connectivity index (χ0) is 15.7. The molecular weight excluding hydrogens is 342 g/mol. The first-order chi connectivity index (χ1) is 9.85. The van der Waals surface area contributed by atoms with Crippen LogP contribution in [0.1, 0.15) is 22.3 Å². The smallest absolute Gasteiger partial charge is 0.337 e. The molecule has 0 bridgehead atoms. The van der Waals surface area contributed by atoms with Gasteiger partial charge in [0.2, 0.25) is 5.91 Å². The molecule has 0 aliphatic carbocycles. The van der Waals surface area contributed by atoms with Crippen LogP contribution in [0.5, 0.6) is 0 Å². The third-order valence-electron chi connectivity index (χ3n) is 3.37. The van der Waals surface area contributed by atoms with Gasteiger partial charge in [0, 0.05) is 17.4 Å². The Kier molecular flexibility index (Phi) is 4.32. The molecule has 6 nitrogen and oxygen atoms in total. The van der Waals surface area contributed by atoms with Gasteiger partial charge in [-0.2, -0.15) is 0 Å². The summed E-state index contributed by atoms with van der Waals surface area (Å²) >= 11 is 3.30. The van der Waals surface area contributed by atoms with Crippen LogP contribution in [0, 0.1) is 12.8 Å². The van der Waals surface area contributed by atoms with Crippen LogP contribution < -0.4 is 4.90 Å². The lowest BCUT2D eigenvalue weighted by Crippen LogP contribution is -2.28. The van der Waals surface area contributed by atoms with E-state index in [1.54, 1.807) is 13.0 Å². The van der Waals surface area contributed by atoms with Gasteiger partial charge in [-0.25, -0.2) is 4.79 Å². The molecule has 1 aromatic carbocycles. The largest absolute Gasteiger partial charge is 0.478 e. The fraction of sp³-hybridized carbons (Fsp3) is 0.357. The maximum absolute atomic E-state index is 12.1. The number of carbonyl (C=O) groups is 3. The van der Waals surface area contributed by atoms with Gasteiger partial charge in [-0.15, -0.1) is 0 Å². The van der Waals surface area contributed by atoms with E-state index in [4.69, 9.17) is 0 Å². The Labute approximate surface area is 129 Å². The number of nitrogens with zero attached hydrogens (tertiary/aromatic N) is 1. The second kappa shape index (κ2) is 5.85. The number of aryl methyl sites for hydroxylation is 1. The van der Waals surface area contributed by atoms with E-state index >= 15 is 0 Å². The summed E-state index contributed by atoms with van der Waals surface area (Å²) in [6, 6.07) is 3.24. The summed E-state index contributed by atoms with van der Waals surface area (Å²) in [6.45, 7) is 1.89. The molecule has 1 amide bonds. The van der Waals surface area contributed by atoms with Crippen molar-refractivity contribution in [3.05, 3.63) is 27.7 Å². The Balaban J connectivity index is 2.45. The maximum atomic E-state index is 12.1. The fourth-order valence-electron chi connectivity index (χ4n) is 2.42. The van der Waals surface area contributed by atoms with Crippen LogP contribution in [0.25, 0.3) is 0 Å². The molecule has 0 aromatic heterocycles. The molecule has 1 heterocycles. The second-order valence-corrected chi connectivity index (χ2v) is 5.73. The number of amides is 1. The van der Waals surface area contributed by atoms with E-state index in [0.717, 1.165) is 5.56 Å². The van der Waals surface area contributed by atoms with Crippen molar-refractivity contribution < 1.29 is 24.2 Å². The predicted molar refractivity (Wildman–Crippen MR) is 78.3 cm³/mol. The van der Waals surface area contributed by atoms with E-state index in [0.29, 0.717) is 4.47 Å². The number of aromatic carboxylic acids is 1. The molecule has 7 heteroatoms. The average molecular weight is 356 g/mol. The molecule has 2 rings (SSSR count). The number of carboxylic acid groups (broad SMARTS) is 1. The highest BCUT2D eigenvalue weighted by molar-refractivity contribution is 9.10. The second-order valence-electron chi connectivity index (χ2n) is 4.88. The molecule has 1 aliphatic heterocycles. The monoisotopic (exact) mass is 355 g/mol. The van der Waals surface area contributed by atoms with Gasteiger partial charge < -0.3 is 14.7 Å². The minimum atomic E-state index is -1.12. The molecule has 1 aliphatic rings. The highest BCUT2D eigenvalue weighted by Gasteiger charge is 2.38.